The lowest BCUT2D eigenvalue weighted by atomic mass is 10.2. The molecule has 0 aromatic carbocycles. The van der Waals surface area contributed by atoms with Crippen molar-refractivity contribution in [1.29, 1.82) is 0 Å². The molecule has 8 nitrogen and oxygen atoms in total. The molecule has 0 bridgehead atoms. The maximum atomic E-state index is 13.2. The first kappa shape index (κ1) is 19.2. The van der Waals surface area contributed by atoms with Crippen molar-refractivity contribution in [3.63, 3.8) is 0 Å². The molecule has 29 heavy (non-hydrogen) atoms. The first-order valence-electron chi connectivity index (χ1n) is 8.15. The van der Waals surface area contributed by atoms with Gasteiger partial charge in [-0.05, 0) is 18.6 Å². The number of thiophene rings is 1. The van der Waals surface area contributed by atoms with Crippen LogP contribution in [0.4, 0.5) is 17.6 Å². The fourth-order valence-electron chi connectivity index (χ4n) is 2.93. The summed E-state index contributed by atoms with van der Waals surface area (Å²) in [6.07, 6.45) is -4.59. The number of alkyl halides is 4. The molecule has 4 aromatic rings. The molecule has 4 aromatic heterocycles. The minimum atomic E-state index is -2.98. The van der Waals surface area contributed by atoms with Gasteiger partial charge in [-0.25, -0.2) is 36.8 Å². The average molecular weight is 428 g/mol. The Labute approximate surface area is 163 Å². The van der Waals surface area contributed by atoms with Crippen LogP contribution in [0, 0.1) is 6.92 Å². The van der Waals surface area contributed by atoms with Crippen LogP contribution in [0.25, 0.3) is 15.9 Å². The Kier molecular flexibility index (Phi) is 4.68. The lowest BCUT2D eigenvalue weighted by molar-refractivity contribution is 0.0605. The van der Waals surface area contributed by atoms with Gasteiger partial charge in [-0.3, -0.25) is 4.68 Å². The number of carbonyl (C=O) groups excluding carboxylic acids is 1. The van der Waals surface area contributed by atoms with Crippen LogP contribution in [0.15, 0.2) is 12.4 Å². The molecule has 0 aliphatic heterocycles. The summed E-state index contributed by atoms with van der Waals surface area (Å²) in [6, 6.07) is 0.663. The van der Waals surface area contributed by atoms with Crippen molar-refractivity contribution in [2.75, 3.05) is 7.11 Å². The highest BCUT2D eigenvalue weighted by Crippen LogP contribution is 2.32. The minimum Gasteiger partial charge on any atom is -0.465 e. The number of nitrogens with zero attached hydrogens (tertiary/aromatic N) is 6. The molecule has 0 N–H and O–H groups in total. The van der Waals surface area contributed by atoms with Gasteiger partial charge >= 0.3 is 5.97 Å². The van der Waals surface area contributed by atoms with E-state index >= 15 is 0 Å². The number of fused-ring (bicyclic) bond motifs is 3. The molecular weight excluding hydrogens is 416 g/mol. The first-order chi connectivity index (χ1) is 13.8. The van der Waals surface area contributed by atoms with Gasteiger partial charge in [0.05, 0.1) is 12.5 Å². The predicted octanol–water partition coefficient (Wildman–Crippen LogP) is 3.55. The lowest BCUT2D eigenvalue weighted by Crippen LogP contribution is -2.08. The van der Waals surface area contributed by atoms with Gasteiger partial charge in [-0.1, -0.05) is 0 Å². The van der Waals surface area contributed by atoms with Crippen LogP contribution in [0.3, 0.4) is 0 Å². The number of aryl methyl sites for hydroxylation is 1. The number of hydrogen-bond donors (Lipinski definition) is 0. The Morgan fingerprint density at radius 1 is 1.24 bits per heavy atom. The molecular formula is C16H12F4N6O2S. The summed E-state index contributed by atoms with van der Waals surface area (Å²) >= 11 is 1.13. The van der Waals surface area contributed by atoms with E-state index in [1.807, 2.05) is 0 Å². The first-order valence-corrected chi connectivity index (χ1v) is 8.97. The number of ether oxygens (including phenoxy) is 1. The molecule has 0 saturated heterocycles. The summed E-state index contributed by atoms with van der Waals surface area (Å²) in [6.45, 7) is 1.38. The predicted molar refractivity (Wildman–Crippen MR) is 93.5 cm³/mol. The van der Waals surface area contributed by atoms with E-state index in [-0.39, 0.29) is 12.4 Å². The number of halogens is 4. The highest BCUT2D eigenvalue weighted by molar-refractivity contribution is 7.20. The van der Waals surface area contributed by atoms with Gasteiger partial charge in [0.15, 0.2) is 11.5 Å². The normalized spacial score (nSPS) is 12.0. The second-order valence-corrected chi connectivity index (χ2v) is 7.02. The number of methoxy groups -OCH3 is 1. The number of esters is 1. The molecule has 0 amide bonds. The average Bonchev–Trinajstić information content (AvgIpc) is 3.36. The zero-order valence-electron chi connectivity index (χ0n) is 14.9. The molecule has 4 heterocycles. The van der Waals surface area contributed by atoms with E-state index in [4.69, 9.17) is 4.74 Å². The van der Waals surface area contributed by atoms with Crippen LogP contribution in [0.1, 0.15) is 45.3 Å². The maximum Gasteiger partial charge on any atom is 0.348 e. The maximum absolute atomic E-state index is 13.2. The van der Waals surface area contributed by atoms with E-state index in [1.54, 1.807) is 6.92 Å². The number of aromatic nitrogens is 6. The molecule has 0 saturated carbocycles. The number of rotatable bonds is 5. The zero-order valence-corrected chi connectivity index (χ0v) is 15.8. The van der Waals surface area contributed by atoms with E-state index in [9.17, 15) is 22.4 Å². The molecule has 0 fully saturated rings. The third-order valence-corrected chi connectivity index (χ3v) is 5.43. The van der Waals surface area contributed by atoms with E-state index < -0.39 is 30.2 Å². The van der Waals surface area contributed by atoms with Crippen molar-refractivity contribution < 1.29 is 27.1 Å². The molecule has 152 valence electrons. The zero-order chi connectivity index (χ0) is 20.9. The lowest BCUT2D eigenvalue weighted by Gasteiger charge is -2.03. The second-order valence-electron chi connectivity index (χ2n) is 6.02. The highest BCUT2D eigenvalue weighted by atomic mass is 32.1. The third-order valence-electron chi connectivity index (χ3n) is 4.25. The fraction of sp³-hybridized carbons (Fsp3) is 0.312. The molecule has 0 radical (unpaired) electrons. The highest BCUT2D eigenvalue weighted by Gasteiger charge is 2.23. The van der Waals surface area contributed by atoms with Crippen LogP contribution in [-0.2, 0) is 11.3 Å². The Bertz CT molecular complexity index is 1230. The molecule has 0 spiro atoms. The standard InChI is InChI=1S/C16H12F4N6O2S/c1-6-10-14-22-9(4-25-8(13(19)20)3-7(23-25)12(17)18)24-26(14)5-21-15(10)29-11(6)16(27)28-2/h3,5,12-13H,4H2,1-2H3. The van der Waals surface area contributed by atoms with E-state index in [0.717, 1.165) is 16.0 Å². The fourth-order valence-corrected chi connectivity index (χ4v) is 3.99. The van der Waals surface area contributed by atoms with Crippen LogP contribution in [0.2, 0.25) is 0 Å². The van der Waals surface area contributed by atoms with Crippen LogP contribution >= 0.6 is 11.3 Å². The quantitative estimate of drug-likeness (QED) is 0.357. The van der Waals surface area contributed by atoms with E-state index in [0.29, 0.717) is 32.4 Å². The van der Waals surface area contributed by atoms with Gasteiger partial charge in [0.2, 0.25) is 0 Å². The monoisotopic (exact) mass is 428 g/mol. The van der Waals surface area contributed by atoms with E-state index in [1.165, 1.54) is 18.0 Å². The van der Waals surface area contributed by atoms with Gasteiger partial charge in [0.25, 0.3) is 12.9 Å². The summed E-state index contributed by atoms with van der Waals surface area (Å²) in [5.74, 6) is -0.434. The number of carbonyl (C=O) groups is 1. The van der Waals surface area contributed by atoms with Gasteiger partial charge in [-0.2, -0.15) is 5.10 Å². The summed E-state index contributed by atoms with van der Waals surface area (Å²) in [4.78, 5) is 21.4. The smallest absolute Gasteiger partial charge is 0.348 e. The van der Waals surface area contributed by atoms with Crippen molar-refractivity contribution in [3.05, 3.63) is 40.0 Å². The van der Waals surface area contributed by atoms with Crippen LogP contribution in [-0.4, -0.2) is 42.4 Å². The summed E-state index contributed by atoms with van der Waals surface area (Å²) in [7, 11) is 1.27. The summed E-state index contributed by atoms with van der Waals surface area (Å²) in [5, 5.41) is 8.27. The largest absolute Gasteiger partial charge is 0.465 e. The molecule has 0 aliphatic carbocycles. The van der Waals surface area contributed by atoms with Crippen molar-refractivity contribution in [2.24, 2.45) is 0 Å². The summed E-state index contributed by atoms with van der Waals surface area (Å²) in [5.41, 5.74) is -0.443. The Morgan fingerprint density at radius 2 is 2.00 bits per heavy atom. The molecule has 0 aliphatic rings. The van der Waals surface area contributed by atoms with Crippen molar-refractivity contribution >= 4 is 33.2 Å². The van der Waals surface area contributed by atoms with E-state index in [2.05, 4.69) is 20.2 Å². The molecule has 0 unspecified atom stereocenters. The molecule has 0 atom stereocenters. The van der Waals surface area contributed by atoms with Crippen molar-refractivity contribution in [2.45, 2.75) is 26.3 Å². The van der Waals surface area contributed by atoms with Crippen LogP contribution < -0.4 is 0 Å². The topological polar surface area (TPSA) is 87.2 Å². The van der Waals surface area contributed by atoms with Gasteiger partial charge in [-0.15, -0.1) is 16.4 Å². The Hall–Kier alpha value is -3.09. The molecule has 13 heteroatoms. The van der Waals surface area contributed by atoms with Crippen LogP contribution in [0.5, 0.6) is 0 Å². The SMILES string of the molecule is COC(=O)c1sc2ncn3nc(Cn4nc(C(F)F)cc4C(F)F)nc3c2c1C. The third kappa shape index (κ3) is 3.20. The Morgan fingerprint density at radius 3 is 2.66 bits per heavy atom. The molecule has 4 rings (SSSR count). The second kappa shape index (κ2) is 7.06. The Balaban J connectivity index is 1.80. The van der Waals surface area contributed by atoms with Crippen molar-refractivity contribution in [1.82, 2.24) is 29.4 Å². The van der Waals surface area contributed by atoms with Crippen molar-refractivity contribution in [3.8, 4) is 0 Å². The minimum absolute atomic E-state index is 0.0790. The van der Waals surface area contributed by atoms with Gasteiger partial charge < -0.3 is 4.74 Å². The van der Waals surface area contributed by atoms with Gasteiger partial charge in [0, 0.05) is 0 Å². The summed E-state index contributed by atoms with van der Waals surface area (Å²) < 4.78 is 58.9. The number of hydrogen-bond acceptors (Lipinski definition) is 7. The van der Waals surface area contributed by atoms with Gasteiger partial charge in [0.1, 0.15) is 34.0 Å².